The topological polar surface area (TPSA) is 67.2 Å². The van der Waals surface area contributed by atoms with Crippen molar-refractivity contribution >= 4 is 17.1 Å². The highest BCUT2D eigenvalue weighted by Crippen LogP contribution is 2.30. The average molecular weight is 339 g/mol. The average Bonchev–Trinajstić information content (AvgIpc) is 3.28. The zero-order chi connectivity index (χ0) is 17.8. The van der Waals surface area contributed by atoms with Crippen LogP contribution in [0.25, 0.3) is 0 Å². The number of nitro groups is 1. The number of benzene rings is 2. The molecule has 5 heteroatoms. The number of hydrogen-bond donors (Lipinski definition) is 2. The van der Waals surface area contributed by atoms with Crippen LogP contribution in [0.1, 0.15) is 36.1 Å². The Morgan fingerprint density at radius 2 is 1.64 bits per heavy atom. The van der Waals surface area contributed by atoms with Crippen molar-refractivity contribution in [1.29, 1.82) is 0 Å². The first-order valence-corrected chi connectivity index (χ1v) is 9.02. The molecule has 4 rings (SSSR count). The first-order valence-electron chi connectivity index (χ1n) is 9.02. The molecule has 0 aliphatic carbocycles. The summed E-state index contributed by atoms with van der Waals surface area (Å²) in [5.74, 6) is 0. The van der Waals surface area contributed by atoms with Crippen molar-refractivity contribution in [1.82, 2.24) is 0 Å². The van der Waals surface area contributed by atoms with Crippen molar-refractivity contribution in [3.8, 4) is 0 Å². The molecule has 2 heterocycles. The van der Waals surface area contributed by atoms with E-state index in [-0.39, 0.29) is 10.6 Å². The summed E-state index contributed by atoms with van der Waals surface area (Å²) in [7, 11) is 0. The Morgan fingerprint density at radius 1 is 0.960 bits per heavy atom. The number of nitrogens with one attached hydrogen (secondary N) is 2. The Morgan fingerprint density at radius 3 is 2.28 bits per heavy atom. The molecule has 132 valence electrons. The molecule has 5 nitrogen and oxygen atoms in total. The Labute approximate surface area is 148 Å². The minimum absolute atomic E-state index is 0.237. The standard InChI is InChI=1S/C10H12N2O2.C10H13N/c1-2-7-5-8-3-4-11-9(8)6-10(7)12(13)14;1-2-8-3-4-10-9(7-8)5-6-11-10/h5-6,11H,2-4H2,1H3;3-4,7,11H,2,5-6H2,1H3. The highest BCUT2D eigenvalue weighted by molar-refractivity contribution is 5.63. The van der Waals surface area contributed by atoms with Crippen molar-refractivity contribution < 1.29 is 4.92 Å². The lowest BCUT2D eigenvalue weighted by Gasteiger charge is -2.04. The molecule has 0 bridgehead atoms. The molecule has 0 saturated heterocycles. The van der Waals surface area contributed by atoms with E-state index in [4.69, 9.17) is 0 Å². The highest BCUT2D eigenvalue weighted by atomic mass is 16.6. The minimum Gasteiger partial charge on any atom is -0.384 e. The lowest BCUT2D eigenvalue weighted by atomic mass is 10.0. The van der Waals surface area contributed by atoms with E-state index in [0.717, 1.165) is 37.2 Å². The van der Waals surface area contributed by atoms with Crippen LogP contribution in [0.2, 0.25) is 0 Å². The van der Waals surface area contributed by atoms with Crippen LogP contribution in [0.5, 0.6) is 0 Å². The second-order valence-electron chi connectivity index (χ2n) is 6.45. The van der Waals surface area contributed by atoms with Crippen LogP contribution >= 0.6 is 0 Å². The third-order valence-corrected chi connectivity index (χ3v) is 4.88. The van der Waals surface area contributed by atoms with Gasteiger partial charge in [-0.2, -0.15) is 0 Å². The van der Waals surface area contributed by atoms with Crippen molar-refractivity contribution in [2.75, 3.05) is 23.7 Å². The molecule has 25 heavy (non-hydrogen) atoms. The predicted octanol–water partition coefficient (Wildman–Crippen LogP) is 4.34. The van der Waals surface area contributed by atoms with Gasteiger partial charge in [-0.05, 0) is 54.5 Å². The predicted molar refractivity (Wildman–Crippen MR) is 103 cm³/mol. The van der Waals surface area contributed by atoms with E-state index >= 15 is 0 Å². The monoisotopic (exact) mass is 339 g/mol. The van der Waals surface area contributed by atoms with E-state index in [9.17, 15) is 10.1 Å². The molecule has 2 N–H and O–H groups in total. The number of anilines is 2. The quantitative estimate of drug-likeness (QED) is 0.645. The van der Waals surface area contributed by atoms with Gasteiger partial charge in [-0.25, -0.2) is 0 Å². The van der Waals surface area contributed by atoms with Crippen LogP contribution in [0.4, 0.5) is 17.1 Å². The van der Waals surface area contributed by atoms with E-state index in [0.29, 0.717) is 6.42 Å². The lowest BCUT2D eigenvalue weighted by Crippen LogP contribution is -1.96. The summed E-state index contributed by atoms with van der Waals surface area (Å²) in [6.07, 6.45) is 4.03. The number of fused-ring (bicyclic) bond motifs is 2. The van der Waals surface area contributed by atoms with Gasteiger partial charge in [0.2, 0.25) is 0 Å². The van der Waals surface area contributed by atoms with Crippen molar-refractivity contribution in [2.45, 2.75) is 39.5 Å². The van der Waals surface area contributed by atoms with E-state index in [2.05, 4.69) is 35.8 Å². The highest BCUT2D eigenvalue weighted by Gasteiger charge is 2.19. The van der Waals surface area contributed by atoms with Gasteiger partial charge in [0.05, 0.1) is 4.92 Å². The van der Waals surface area contributed by atoms with Gasteiger partial charge in [-0.15, -0.1) is 0 Å². The zero-order valence-corrected chi connectivity index (χ0v) is 14.9. The molecule has 2 aliphatic heterocycles. The second kappa shape index (κ2) is 7.55. The maximum absolute atomic E-state index is 10.8. The summed E-state index contributed by atoms with van der Waals surface area (Å²) >= 11 is 0. The van der Waals surface area contributed by atoms with Gasteiger partial charge in [0.1, 0.15) is 0 Å². The summed E-state index contributed by atoms with van der Waals surface area (Å²) in [5, 5.41) is 17.3. The first kappa shape index (κ1) is 17.3. The number of aryl methyl sites for hydroxylation is 2. The van der Waals surface area contributed by atoms with Gasteiger partial charge in [-0.3, -0.25) is 10.1 Å². The zero-order valence-electron chi connectivity index (χ0n) is 14.9. The molecule has 0 spiro atoms. The Balaban J connectivity index is 0.000000150. The number of nitrogens with zero attached hydrogens (tertiary/aromatic N) is 1. The van der Waals surface area contributed by atoms with Gasteiger partial charge in [0.15, 0.2) is 0 Å². The SMILES string of the molecule is CCc1cc2c(cc1[N+](=O)[O-])NCC2.CCc1ccc2c(c1)CCN2. The van der Waals surface area contributed by atoms with Gasteiger partial charge in [0.25, 0.3) is 5.69 Å². The van der Waals surface area contributed by atoms with Crippen molar-refractivity contribution in [3.05, 3.63) is 62.7 Å². The van der Waals surface area contributed by atoms with Crippen LogP contribution in [-0.4, -0.2) is 18.0 Å². The van der Waals surface area contributed by atoms with Crippen LogP contribution in [-0.2, 0) is 25.7 Å². The van der Waals surface area contributed by atoms with Crippen LogP contribution in [0.15, 0.2) is 30.3 Å². The summed E-state index contributed by atoms with van der Waals surface area (Å²) in [5.41, 5.74) is 7.47. The molecule has 0 atom stereocenters. The van der Waals surface area contributed by atoms with Gasteiger partial charge >= 0.3 is 0 Å². The molecule has 2 aromatic rings. The van der Waals surface area contributed by atoms with Crippen LogP contribution in [0, 0.1) is 10.1 Å². The van der Waals surface area contributed by atoms with Gasteiger partial charge < -0.3 is 10.6 Å². The molecule has 0 fully saturated rings. The minimum atomic E-state index is -0.306. The van der Waals surface area contributed by atoms with Crippen LogP contribution < -0.4 is 10.6 Å². The van der Waals surface area contributed by atoms with Crippen LogP contribution in [0.3, 0.4) is 0 Å². The maximum atomic E-state index is 10.8. The summed E-state index contributed by atoms with van der Waals surface area (Å²) in [6.45, 7) is 6.14. The fourth-order valence-electron chi connectivity index (χ4n) is 3.42. The first-order chi connectivity index (χ1) is 12.1. The molecule has 0 amide bonds. The molecule has 0 saturated carbocycles. The summed E-state index contributed by atoms with van der Waals surface area (Å²) < 4.78 is 0. The largest absolute Gasteiger partial charge is 0.384 e. The summed E-state index contributed by atoms with van der Waals surface area (Å²) in [6, 6.07) is 10.3. The Kier molecular flexibility index (Phi) is 5.22. The normalized spacial score (nSPS) is 13.8. The van der Waals surface area contributed by atoms with Gasteiger partial charge in [0, 0.05) is 36.1 Å². The second-order valence-corrected chi connectivity index (χ2v) is 6.45. The van der Waals surface area contributed by atoms with Crippen molar-refractivity contribution in [2.24, 2.45) is 0 Å². The molecular formula is C20H25N3O2. The molecule has 0 radical (unpaired) electrons. The number of rotatable bonds is 3. The Bertz CT molecular complexity index is 787. The van der Waals surface area contributed by atoms with E-state index < -0.39 is 0 Å². The molecule has 2 aliphatic rings. The van der Waals surface area contributed by atoms with E-state index in [1.165, 1.54) is 28.8 Å². The fraction of sp³-hybridized carbons (Fsp3) is 0.400. The van der Waals surface area contributed by atoms with Gasteiger partial charge in [-0.1, -0.05) is 26.0 Å². The fourth-order valence-corrected chi connectivity index (χ4v) is 3.42. The molecular weight excluding hydrogens is 314 g/mol. The lowest BCUT2D eigenvalue weighted by molar-refractivity contribution is -0.385. The Hall–Kier alpha value is -2.56. The smallest absolute Gasteiger partial charge is 0.274 e. The third-order valence-electron chi connectivity index (χ3n) is 4.88. The number of nitro benzene ring substituents is 1. The maximum Gasteiger partial charge on any atom is 0.274 e. The molecule has 2 aromatic carbocycles. The van der Waals surface area contributed by atoms with E-state index in [1.807, 2.05) is 13.0 Å². The van der Waals surface area contributed by atoms with E-state index in [1.54, 1.807) is 6.07 Å². The summed E-state index contributed by atoms with van der Waals surface area (Å²) in [4.78, 5) is 10.5. The third kappa shape index (κ3) is 3.76. The van der Waals surface area contributed by atoms with Crippen molar-refractivity contribution in [3.63, 3.8) is 0 Å². The molecule has 0 aromatic heterocycles. The molecule has 0 unspecified atom stereocenters. The number of hydrogen-bond acceptors (Lipinski definition) is 4.